The van der Waals surface area contributed by atoms with Crippen molar-refractivity contribution in [2.45, 2.75) is 6.54 Å². The Balaban J connectivity index is 1.92. The van der Waals surface area contributed by atoms with Gasteiger partial charge in [-0.15, -0.1) is 0 Å². The summed E-state index contributed by atoms with van der Waals surface area (Å²) in [6.45, 7) is 0.549. The van der Waals surface area contributed by atoms with Crippen molar-refractivity contribution < 1.29 is 24.0 Å². The Hall–Kier alpha value is -2.15. The number of halogens is 1. The van der Waals surface area contributed by atoms with E-state index in [2.05, 4.69) is 15.9 Å². The average molecular weight is 354 g/mol. The number of carboxylic acids is 1. The van der Waals surface area contributed by atoms with Gasteiger partial charge in [-0.05, 0) is 28.1 Å². The maximum atomic E-state index is 11.9. The van der Waals surface area contributed by atoms with E-state index >= 15 is 0 Å². The highest BCUT2D eigenvalue weighted by atomic mass is 79.9. The molecule has 6 nitrogen and oxygen atoms in total. The molecule has 7 heteroatoms. The molecule has 0 bridgehead atoms. The summed E-state index contributed by atoms with van der Waals surface area (Å²) in [7, 11) is 1.76. The fourth-order valence-electron chi connectivity index (χ4n) is 1.83. The molecule has 0 aliphatic carbocycles. The number of aryl methyl sites for hydroxylation is 1. The number of hydrogen-bond donors (Lipinski definition) is 1. The minimum Gasteiger partial charge on any atom is -0.477 e. The Labute approximate surface area is 129 Å². The van der Waals surface area contributed by atoms with Crippen LogP contribution >= 0.6 is 15.9 Å². The van der Waals surface area contributed by atoms with E-state index in [1.165, 1.54) is 12.3 Å². The summed E-state index contributed by atoms with van der Waals surface area (Å²) >= 11 is 3.29. The molecule has 110 valence electrons. The van der Waals surface area contributed by atoms with Crippen LogP contribution in [0.25, 0.3) is 0 Å². The highest BCUT2D eigenvalue weighted by molar-refractivity contribution is 9.10. The Morgan fingerprint density at radius 1 is 1.48 bits per heavy atom. The van der Waals surface area contributed by atoms with Crippen LogP contribution in [0.15, 0.2) is 41.3 Å². The van der Waals surface area contributed by atoms with Gasteiger partial charge in [-0.25, -0.2) is 14.2 Å². The summed E-state index contributed by atoms with van der Waals surface area (Å²) in [5.74, 6) is -1.41. The van der Waals surface area contributed by atoms with Crippen molar-refractivity contribution in [1.82, 2.24) is 4.57 Å². The molecule has 0 atom stereocenters. The van der Waals surface area contributed by atoms with Crippen LogP contribution in [0.2, 0.25) is 0 Å². The standard InChI is InChI=1S/C14H13BrN2O4/c1-16-9-11(15)7-12(16)14(20)21-6-5-17-4-2-3-10(8-17)13(18)19/h2-4,7-9H,5-6H2,1H3/p+1. The first kappa shape index (κ1) is 15.2. The summed E-state index contributed by atoms with van der Waals surface area (Å²) in [6.07, 6.45) is 4.98. The molecule has 0 aliphatic rings. The second-order valence-electron chi connectivity index (χ2n) is 4.43. The molecule has 0 aliphatic heterocycles. The van der Waals surface area contributed by atoms with Gasteiger partial charge in [-0.1, -0.05) is 0 Å². The number of esters is 1. The number of nitrogens with zero attached hydrogens (tertiary/aromatic N) is 2. The third-order valence-electron chi connectivity index (χ3n) is 2.87. The van der Waals surface area contributed by atoms with Crippen molar-refractivity contribution in [1.29, 1.82) is 0 Å². The molecule has 0 unspecified atom stereocenters. The van der Waals surface area contributed by atoms with Crippen molar-refractivity contribution in [3.63, 3.8) is 0 Å². The maximum absolute atomic E-state index is 11.9. The number of carboxylic acid groups (broad SMARTS) is 1. The molecule has 21 heavy (non-hydrogen) atoms. The van der Waals surface area contributed by atoms with Crippen molar-refractivity contribution >= 4 is 27.9 Å². The van der Waals surface area contributed by atoms with Gasteiger partial charge < -0.3 is 14.4 Å². The fourth-order valence-corrected chi connectivity index (χ4v) is 2.36. The van der Waals surface area contributed by atoms with Crippen LogP contribution in [0.3, 0.4) is 0 Å². The molecule has 0 spiro atoms. The summed E-state index contributed by atoms with van der Waals surface area (Å²) in [5, 5.41) is 8.90. The summed E-state index contributed by atoms with van der Waals surface area (Å²) < 4.78 is 9.32. The number of aromatic carboxylic acids is 1. The fraction of sp³-hybridized carbons (Fsp3) is 0.214. The molecular formula is C14H14BrN2O4+. The Morgan fingerprint density at radius 2 is 2.24 bits per heavy atom. The van der Waals surface area contributed by atoms with Crippen LogP contribution in [0.4, 0.5) is 0 Å². The maximum Gasteiger partial charge on any atom is 0.355 e. The van der Waals surface area contributed by atoms with E-state index in [0.29, 0.717) is 12.2 Å². The summed E-state index contributed by atoms with van der Waals surface area (Å²) in [5.41, 5.74) is 0.640. The Morgan fingerprint density at radius 3 is 2.86 bits per heavy atom. The molecular weight excluding hydrogens is 340 g/mol. The first-order valence-electron chi connectivity index (χ1n) is 6.19. The van der Waals surface area contributed by atoms with Gasteiger partial charge in [0.15, 0.2) is 25.5 Å². The number of pyridine rings is 1. The Kier molecular flexibility index (Phi) is 4.74. The number of ether oxygens (including phenoxy) is 1. The first-order chi connectivity index (χ1) is 9.97. The van der Waals surface area contributed by atoms with Gasteiger partial charge in [-0.3, -0.25) is 0 Å². The molecule has 0 radical (unpaired) electrons. The van der Waals surface area contributed by atoms with Crippen LogP contribution in [0, 0.1) is 0 Å². The molecule has 1 N–H and O–H groups in total. The Bertz CT molecular complexity index is 681. The van der Waals surface area contributed by atoms with E-state index in [-0.39, 0.29) is 12.2 Å². The van der Waals surface area contributed by atoms with Crippen LogP contribution < -0.4 is 4.57 Å². The van der Waals surface area contributed by atoms with Crippen LogP contribution in [-0.4, -0.2) is 28.2 Å². The van der Waals surface area contributed by atoms with Crippen molar-refractivity contribution in [2.24, 2.45) is 7.05 Å². The lowest BCUT2D eigenvalue weighted by atomic mass is 10.3. The number of carbonyl (C=O) groups is 2. The predicted octanol–water partition coefficient (Wildman–Crippen LogP) is 1.63. The molecule has 0 amide bonds. The van der Waals surface area contributed by atoms with Gasteiger partial charge in [0.25, 0.3) is 0 Å². The molecule has 2 rings (SSSR count). The SMILES string of the molecule is Cn1cc(Br)cc1C(=O)OCC[n+]1cccc(C(=O)O)c1. The van der Waals surface area contributed by atoms with E-state index in [0.717, 1.165) is 4.47 Å². The second-order valence-corrected chi connectivity index (χ2v) is 5.34. The zero-order valence-electron chi connectivity index (χ0n) is 11.3. The minimum atomic E-state index is -0.991. The first-order valence-corrected chi connectivity index (χ1v) is 6.98. The lowest BCUT2D eigenvalue weighted by Gasteiger charge is -2.04. The molecule has 0 saturated carbocycles. The van der Waals surface area contributed by atoms with Crippen molar-refractivity contribution in [3.8, 4) is 0 Å². The number of rotatable bonds is 5. The van der Waals surface area contributed by atoms with E-state index in [9.17, 15) is 9.59 Å². The topological polar surface area (TPSA) is 72.4 Å². The van der Waals surface area contributed by atoms with E-state index in [1.807, 2.05) is 0 Å². The number of carbonyl (C=O) groups excluding carboxylic acids is 1. The lowest BCUT2D eigenvalue weighted by Crippen LogP contribution is -2.36. The molecule has 2 aromatic rings. The normalized spacial score (nSPS) is 10.4. The highest BCUT2D eigenvalue weighted by Crippen LogP contribution is 2.14. The molecule has 0 fully saturated rings. The van der Waals surface area contributed by atoms with Crippen LogP contribution in [0.1, 0.15) is 20.8 Å². The van der Waals surface area contributed by atoms with Crippen molar-refractivity contribution in [2.75, 3.05) is 6.61 Å². The highest BCUT2D eigenvalue weighted by Gasteiger charge is 2.14. The van der Waals surface area contributed by atoms with Crippen molar-refractivity contribution in [3.05, 3.63) is 52.5 Å². The second kappa shape index (κ2) is 6.53. The quantitative estimate of drug-likeness (QED) is 0.654. The molecule has 0 saturated heterocycles. The average Bonchev–Trinajstić information content (AvgIpc) is 2.78. The van der Waals surface area contributed by atoms with Gasteiger partial charge in [0.05, 0.1) is 0 Å². The van der Waals surface area contributed by atoms with Gasteiger partial charge in [0, 0.05) is 23.8 Å². The number of aromatic nitrogens is 2. The smallest absolute Gasteiger partial charge is 0.355 e. The van der Waals surface area contributed by atoms with Crippen LogP contribution in [0.5, 0.6) is 0 Å². The molecule has 2 aromatic heterocycles. The minimum absolute atomic E-state index is 0.162. The van der Waals surface area contributed by atoms with Gasteiger partial charge in [-0.2, -0.15) is 0 Å². The molecule has 2 heterocycles. The summed E-state index contributed by atoms with van der Waals surface area (Å²) in [4.78, 5) is 22.7. The molecule has 0 aromatic carbocycles. The zero-order valence-corrected chi connectivity index (χ0v) is 12.9. The lowest BCUT2D eigenvalue weighted by molar-refractivity contribution is -0.698. The third-order valence-corrected chi connectivity index (χ3v) is 3.30. The zero-order chi connectivity index (χ0) is 15.4. The van der Waals surface area contributed by atoms with E-state index in [1.54, 1.807) is 40.7 Å². The van der Waals surface area contributed by atoms with Gasteiger partial charge in [0.1, 0.15) is 11.3 Å². The van der Waals surface area contributed by atoms with Crippen LogP contribution in [-0.2, 0) is 18.3 Å². The van der Waals surface area contributed by atoms with E-state index < -0.39 is 11.9 Å². The third kappa shape index (κ3) is 3.91. The van der Waals surface area contributed by atoms with Gasteiger partial charge in [0.2, 0.25) is 0 Å². The van der Waals surface area contributed by atoms with E-state index in [4.69, 9.17) is 9.84 Å². The number of hydrogen-bond acceptors (Lipinski definition) is 3. The predicted molar refractivity (Wildman–Crippen MR) is 77.0 cm³/mol. The monoisotopic (exact) mass is 353 g/mol. The van der Waals surface area contributed by atoms with Gasteiger partial charge >= 0.3 is 11.9 Å². The summed E-state index contributed by atoms with van der Waals surface area (Å²) in [6, 6.07) is 4.83. The largest absolute Gasteiger partial charge is 0.477 e.